The molecule has 0 atom stereocenters. The summed E-state index contributed by atoms with van der Waals surface area (Å²) in [6, 6.07) is 18.3. The molecule has 0 saturated heterocycles. The van der Waals surface area contributed by atoms with Crippen LogP contribution in [0.1, 0.15) is 11.1 Å². The number of nitrogens with zero attached hydrogens (tertiary/aromatic N) is 1. The second kappa shape index (κ2) is 9.01. The van der Waals surface area contributed by atoms with E-state index in [4.69, 9.17) is 5.26 Å². The van der Waals surface area contributed by atoms with Crippen LogP contribution < -0.4 is 10.6 Å². The van der Waals surface area contributed by atoms with Crippen LogP contribution in [0.2, 0.25) is 0 Å². The van der Waals surface area contributed by atoms with Crippen LogP contribution in [-0.2, 0) is 17.8 Å². The topological polar surface area (TPSA) is 85.2 Å². The van der Waals surface area contributed by atoms with Crippen molar-refractivity contribution in [2.45, 2.75) is 13.0 Å². The highest BCUT2D eigenvalue weighted by Gasteiger charge is 2.07. The molecule has 0 bridgehead atoms. The van der Waals surface area contributed by atoms with E-state index in [1.807, 2.05) is 48.5 Å². The quantitative estimate of drug-likeness (QED) is 0.415. The monoisotopic (exact) mass is 321 g/mol. The normalized spacial score (nSPS) is 10.7. The lowest BCUT2D eigenvalue weighted by atomic mass is 10.1. The highest BCUT2D eigenvalue weighted by Crippen LogP contribution is 2.09. The van der Waals surface area contributed by atoms with E-state index < -0.39 is 5.91 Å². The third-order valence-corrected chi connectivity index (χ3v) is 3.40. The number of hydrogen-bond donors (Lipinski definition) is 3. The second-order valence-electron chi connectivity index (χ2n) is 5.21. The summed E-state index contributed by atoms with van der Waals surface area (Å²) in [5.74, 6) is -0.174. The van der Waals surface area contributed by atoms with Gasteiger partial charge in [-0.3, -0.25) is 4.79 Å². The van der Waals surface area contributed by atoms with E-state index in [9.17, 15) is 9.90 Å². The Morgan fingerprint density at radius 1 is 1.08 bits per heavy atom. The molecule has 1 amide bonds. The predicted molar refractivity (Wildman–Crippen MR) is 91.8 cm³/mol. The first kappa shape index (κ1) is 17.1. The molecule has 122 valence electrons. The highest BCUT2D eigenvalue weighted by atomic mass is 16.3. The third-order valence-electron chi connectivity index (χ3n) is 3.40. The summed E-state index contributed by atoms with van der Waals surface area (Å²) in [4.78, 5) is 12.0. The van der Waals surface area contributed by atoms with E-state index in [1.165, 1.54) is 6.20 Å². The van der Waals surface area contributed by atoms with E-state index in [0.29, 0.717) is 13.1 Å². The molecular formula is C19H19N3O2. The smallest absolute Gasteiger partial charge is 0.263 e. The van der Waals surface area contributed by atoms with Gasteiger partial charge in [0.25, 0.3) is 5.91 Å². The van der Waals surface area contributed by atoms with Crippen LogP contribution in [0.3, 0.4) is 0 Å². The van der Waals surface area contributed by atoms with Gasteiger partial charge in [-0.2, -0.15) is 5.26 Å². The number of rotatable bonds is 7. The SMILES string of the molecule is N#C/C(=C/NCCc1ccc(O)cc1)C(=O)NCc1ccccc1. The fourth-order valence-corrected chi connectivity index (χ4v) is 2.08. The summed E-state index contributed by atoms with van der Waals surface area (Å²) in [7, 11) is 0. The van der Waals surface area contributed by atoms with Gasteiger partial charge < -0.3 is 15.7 Å². The van der Waals surface area contributed by atoms with E-state index >= 15 is 0 Å². The number of phenolic OH excluding ortho intramolecular Hbond substituents is 1. The lowest BCUT2D eigenvalue weighted by Gasteiger charge is -2.05. The zero-order chi connectivity index (χ0) is 17.2. The van der Waals surface area contributed by atoms with Gasteiger partial charge in [0.05, 0.1) is 0 Å². The van der Waals surface area contributed by atoms with Crippen molar-refractivity contribution in [3.05, 3.63) is 77.5 Å². The van der Waals surface area contributed by atoms with Gasteiger partial charge in [0.15, 0.2) is 0 Å². The van der Waals surface area contributed by atoms with Gasteiger partial charge in [-0.05, 0) is 29.7 Å². The van der Waals surface area contributed by atoms with Crippen LogP contribution in [0.4, 0.5) is 0 Å². The molecule has 0 aromatic heterocycles. The molecular weight excluding hydrogens is 302 g/mol. The Morgan fingerprint density at radius 2 is 1.79 bits per heavy atom. The van der Waals surface area contributed by atoms with Gasteiger partial charge >= 0.3 is 0 Å². The van der Waals surface area contributed by atoms with Crippen molar-refractivity contribution in [1.82, 2.24) is 10.6 Å². The molecule has 0 heterocycles. The van der Waals surface area contributed by atoms with Gasteiger partial charge in [-0.1, -0.05) is 42.5 Å². The molecule has 0 fully saturated rings. The number of aromatic hydroxyl groups is 1. The molecule has 0 spiro atoms. The Kier molecular flexibility index (Phi) is 6.42. The van der Waals surface area contributed by atoms with Crippen molar-refractivity contribution in [3.8, 4) is 11.8 Å². The minimum absolute atomic E-state index is 0.0386. The minimum atomic E-state index is -0.404. The van der Waals surface area contributed by atoms with Crippen LogP contribution in [0.5, 0.6) is 5.75 Å². The molecule has 0 saturated carbocycles. The number of hydrogen-bond acceptors (Lipinski definition) is 4. The fourth-order valence-electron chi connectivity index (χ4n) is 2.08. The molecule has 5 nitrogen and oxygen atoms in total. The Morgan fingerprint density at radius 3 is 2.46 bits per heavy atom. The second-order valence-corrected chi connectivity index (χ2v) is 5.21. The van der Waals surface area contributed by atoms with Crippen LogP contribution in [0, 0.1) is 11.3 Å². The van der Waals surface area contributed by atoms with Crippen molar-refractivity contribution < 1.29 is 9.90 Å². The standard InChI is InChI=1S/C19H19N3O2/c20-12-17(19(24)22-13-16-4-2-1-3-5-16)14-21-11-10-15-6-8-18(23)9-7-15/h1-9,14,21,23H,10-11,13H2,(H,22,24)/b17-14-. The van der Waals surface area contributed by atoms with Crippen molar-refractivity contribution in [1.29, 1.82) is 5.26 Å². The summed E-state index contributed by atoms with van der Waals surface area (Å²) < 4.78 is 0. The zero-order valence-corrected chi connectivity index (χ0v) is 13.2. The molecule has 24 heavy (non-hydrogen) atoms. The summed E-state index contributed by atoms with van der Waals surface area (Å²) in [5, 5.41) is 24.0. The van der Waals surface area contributed by atoms with Crippen molar-refractivity contribution >= 4 is 5.91 Å². The average Bonchev–Trinajstić information content (AvgIpc) is 2.62. The van der Waals surface area contributed by atoms with Crippen molar-refractivity contribution in [3.63, 3.8) is 0 Å². The lowest BCUT2D eigenvalue weighted by molar-refractivity contribution is -0.117. The van der Waals surface area contributed by atoms with E-state index in [-0.39, 0.29) is 11.3 Å². The molecule has 0 unspecified atom stereocenters. The summed E-state index contributed by atoms with van der Waals surface area (Å²) in [5.41, 5.74) is 2.07. The Labute approximate surface area is 141 Å². The summed E-state index contributed by atoms with van der Waals surface area (Å²) in [6.45, 7) is 0.966. The number of amides is 1. The molecule has 0 radical (unpaired) electrons. The molecule has 0 aliphatic rings. The Hall–Kier alpha value is -3.26. The van der Waals surface area contributed by atoms with Crippen LogP contribution in [0.25, 0.3) is 0 Å². The largest absolute Gasteiger partial charge is 0.508 e. The number of benzene rings is 2. The van der Waals surface area contributed by atoms with E-state index in [1.54, 1.807) is 12.1 Å². The predicted octanol–water partition coefficient (Wildman–Crippen LogP) is 2.25. The first-order valence-corrected chi connectivity index (χ1v) is 7.62. The molecule has 2 rings (SSSR count). The van der Waals surface area contributed by atoms with Crippen LogP contribution in [-0.4, -0.2) is 17.6 Å². The van der Waals surface area contributed by atoms with Crippen molar-refractivity contribution in [2.24, 2.45) is 0 Å². The van der Waals surface area contributed by atoms with Crippen LogP contribution in [0.15, 0.2) is 66.4 Å². The molecule has 2 aromatic carbocycles. The Balaban J connectivity index is 1.79. The van der Waals surface area contributed by atoms with Gasteiger partial charge in [-0.25, -0.2) is 0 Å². The minimum Gasteiger partial charge on any atom is -0.508 e. The molecule has 0 aliphatic heterocycles. The van der Waals surface area contributed by atoms with Gasteiger partial charge in [0, 0.05) is 19.3 Å². The number of nitrogens with one attached hydrogen (secondary N) is 2. The first-order chi connectivity index (χ1) is 11.7. The maximum atomic E-state index is 12.0. The summed E-state index contributed by atoms with van der Waals surface area (Å²) >= 11 is 0. The fraction of sp³-hybridized carbons (Fsp3) is 0.158. The molecule has 5 heteroatoms. The first-order valence-electron chi connectivity index (χ1n) is 7.62. The number of carbonyl (C=O) groups excluding carboxylic acids is 1. The van der Waals surface area contributed by atoms with Gasteiger partial charge in [0.1, 0.15) is 17.4 Å². The number of phenols is 1. The molecule has 0 aliphatic carbocycles. The third kappa shape index (κ3) is 5.50. The number of carbonyl (C=O) groups is 1. The van der Waals surface area contributed by atoms with Gasteiger partial charge in [-0.15, -0.1) is 0 Å². The average molecular weight is 321 g/mol. The Bertz CT molecular complexity index is 731. The van der Waals surface area contributed by atoms with Gasteiger partial charge in [0.2, 0.25) is 0 Å². The van der Waals surface area contributed by atoms with Crippen LogP contribution >= 0.6 is 0 Å². The van der Waals surface area contributed by atoms with Crippen molar-refractivity contribution in [2.75, 3.05) is 6.54 Å². The number of nitriles is 1. The van der Waals surface area contributed by atoms with E-state index in [2.05, 4.69) is 10.6 Å². The maximum Gasteiger partial charge on any atom is 0.263 e. The summed E-state index contributed by atoms with van der Waals surface area (Å²) in [6.07, 6.45) is 2.15. The molecule has 2 aromatic rings. The lowest BCUT2D eigenvalue weighted by Crippen LogP contribution is -2.25. The molecule has 3 N–H and O–H groups in total. The van der Waals surface area contributed by atoms with E-state index in [0.717, 1.165) is 17.5 Å². The zero-order valence-electron chi connectivity index (χ0n) is 13.2. The highest BCUT2D eigenvalue weighted by molar-refractivity contribution is 5.97. The maximum absolute atomic E-state index is 12.0.